The minimum absolute atomic E-state index is 0.0254. The second kappa shape index (κ2) is 5.20. The van der Waals surface area contributed by atoms with Crippen LogP contribution in [-0.2, 0) is 11.8 Å². The zero-order valence-corrected chi connectivity index (χ0v) is 11.2. The molecule has 0 aliphatic rings. The van der Waals surface area contributed by atoms with E-state index in [9.17, 15) is 14.7 Å². The fraction of sp³-hybridized carbons (Fsp3) is 0.308. The molecule has 3 N–H and O–H groups in total. The number of carbonyl (C=O) groups is 1. The van der Waals surface area contributed by atoms with Crippen LogP contribution in [0.1, 0.15) is 29.6 Å². The van der Waals surface area contributed by atoms with Crippen molar-refractivity contribution in [1.29, 1.82) is 0 Å². The third-order valence-corrected chi connectivity index (χ3v) is 3.01. The summed E-state index contributed by atoms with van der Waals surface area (Å²) in [6.45, 7) is 1.59. The second-order valence-corrected chi connectivity index (χ2v) is 4.54. The molecule has 0 saturated heterocycles. The molecular weight excluding hydrogens is 262 g/mol. The van der Waals surface area contributed by atoms with Gasteiger partial charge in [0.2, 0.25) is 17.1 Å². The van der Waals surface area contributed by atoms with Crippen LogP contribution in [0.3, 0.4) is 0 Å². The summed E-state index contributed by atoms with van der Waals surface area (Å²) in [7, 11) is 1.69. The molecular formula is C13H15N3O4. The van der Waals surface area contributed by atoms with Crippen molar-refractivity contribution in [3.8, 4) is 5.75 Å². The summed E-state index contributed by atoms with van der Waals surface area (Å²) in [4.78, 5) is 22.9. The lowest BCUT2D eigenvalue weighted by molar-refractivity contribution is -0.118. The van der Waals surface area contributed by atoms with Crippen molar-refractivity contribution in [1.82, 2.24) is 9.78 Å². The minimum atomic E-state index is -0.660. The van der Waals surface area contributed by atoms with E-state index in [0.29, 0.717) is 11.5 Å². The number of aromatic nitrogens is 2. The van der Waals surface area contributed by atoms with Crippen LogP contribution in [0.2, 0.25) is 0 Å². The number of hydrogen-bond acceptors (Lipinski definition) is 5. The topological polar surface area (TPSA) is 111 Å². The first-order chi connectivity index (χ1) is 9.40. The molecule has 2 aromatic heterocycles. The van der Waals surface area contributed by atoms with Crippen LogP contribution in [0, 0.1) is 6.92 Å². The number of nitrogens with two attached hydrogens (primary N) is 1. The Bertz CT molecular complexity index is 702. The van der Waals surface area contributed by atoms with Crippen LogP contribution >= 0.6 is 0 Å². The van der Waals surface area contributed by atoms with Gasteiger partial charge in [-0.25, -0.2) is 0 Å². The van der Waals surface area contributed by atoms with Gasteiger partial charge in [0.15, 0.2) is 5.76 Å². The molecule has 20 heavy (non-hydrogen) atoms. The lowest BCUT2D eigenvalue weighted by Gasteiger charge is -2.16. The highest BCUT2D eigenvalue weighted by atomic mass is 16.4. The van der Waals surface area contributed by atoms with E-state index in [-0.39, 0.29) is 12.2 Å². The van der Waals surface area contributed by atoms with E-state index in [4.69, 9.17) is 10.2 Å². The van der Waals surface area contributed by atoms with Gasteiger partial charge >= 0.3 is 0 Å². The molecule has 0 aliphatic heterocycles. The maximum atomic E-state index is 11.7. The largest absolute Gasteiger partial charge is 0.502 e. The first-order valence-corrected chi connectivity index (χ1v) is 6.00. The van der Waals surface area contributed by atoms with E-state index in [1.54, 1.807) is 26.2 Å². The van der Waals surface area contributed by atoms with Crippen molar-refractivity contribution in [2.24, 2.45) is 12.8 Å². The van der Waals surface area contributed by atoms with Gasteiger partial charge in [0, 0.05) is 31.4 Å². The van der Waals surface area contributed by atoms with Crippen molar-refractivity contribution in [2.75, 3.05) is 0 Å². The van der Waals surface area contributed by atoms with E-state index < -0.39 is 23.0 Å². The monoisotopic (exact) mass is 277 g/mol. The number of carbonyl (C=O) groups excluding carboxylic acids is 1. The highest BCUT2D eigenvalue weighted by Crippen LogP contribution is 2.32. The van der Waals surface area contributed by atoms with Crippen LogP contribution in [-0.4, -0.2) is 20.8 Å². The number of aromatic hydroxyl groups is 1. The summed E-state index contributed by atoms with van der Waals surface area (Å²) in [5, 5.41) is 13.9. The fourth-order valence-electron chi connectivity index (χ4n) is 2.12. The van der Waals surface area contributed by atoms with E-state index in [1.165, 1.54) is 10.7 Å². The van der Waals surface area contributed by atoms with E-state index in [0.717, 1.165) is 0 Å². The zero-order chi connectivity index (χ0) is 14.9. The molecule has 106 valence electrons. The highest BCUT2D eigenvalue weighted by Gasteiger charge is 2.26. The number of aryl methyl sites for hydroxylation is 2. The van der Waals surface area contributed by atoms with Gasteiger partial charge in [-0.3, -0.25) is 14.3 Å². The first-order valence-electron chi connectivity index (χ1n) is 6.00. The van der Waals surface area contributed by atoms with E-state index >= 15 is 0 Å². The third kappa shape index (κ3) is 2.56. The van der Waals surface area contributed by atoms with Crippen LogP contribution in [0.15, 0.2) is 27.5 Å². The molecule has 7 heteroatoms. The van der Waals surface area contributed by atoms with Crippen molar-refractivity contribution < 1.29 is 14.3 Å². The molecule has 0 aliphatic carbocycles. The van der Waals surface area contributed by atoms with Crippen LogP contribution in [0.4, 0.5) is 0 Å². The highest BCUT2D eigenvalue weighted by molar-refractivity contribution is 5.75. The quantitative estimate of drug-likeness (QED) is 0.840. The Kier molecular flexibility index (Phi) is 3.60. The Hall–Kier alpha value is -2.57. The van der Waals surface area contributed by atoms with Crippen LogP contribution in [0.25, 0.3) is 0 Å². The Morgan fingerprint density at radius 2 is 2.30 bits per heavy atom. The van der Waals surface area contributed by atoms with E-state index in [2.05, 4.69) is 5.10 Å². The molecule has 1 amide bonds. The molecule has 7 nitrogen and oxygen atoms in total. The maximum Gasteiger partial charge on any atom is 0.227 e. The normalized spacial score (nSPS) is 12.3. The molecule has 1 unspecified atom stereocenters. The zero-order valence-electron chi connectivity index (χ0n) is 11.2. The van der Waals surface area contributed by atoms with Crippen molar-refractivity contribution >= 4 is 5.91 Å². The molecule has 2 heterocycles. The lowest BCUT2D eigenvalue weighted by atomic mass is 9.96. The van der Waals surface area contributed by atoms with Gasteiger partial charge < -0.3 is 15.3 Å². The first kappa shape index (κ1) is 13.9. The lowest BCUT2D eigenvalue weighted by Crippen LogP contribution is -2.19. The molecule has 0 radical (unpaired) electrons. The number of hydrogen-bond donors (Lipinski definition) is 2. The molecule has 2 rings (SSSR count). The number of primary amides is 1. The van der Waals surface area contributed by atoms with Crippen LogP contribution < -0.4 is 11.2 Å². The van der Waals surface area contributed by atoms with Crippen molar-refractivity contribution in [3.05, 3.63) is 45.8 Å². The number of amides is 1. The van der Waals surface area contributed by atoms with Crippen molar-refractivity contribution in [3.63, 3.8) is 0 Å². The van der Waals surface area contributed by atoms with Crippen LogP contribution in [0.5, 0.6) is 5.75 Å². The van der Waals surface area contributed by atoms with Gasteiger partial charge in [-0.05, 0) is 13.0 Å². The molecule has 1 atom stereocenters. The van der Waals surface area contributed by atoms with Gasteiger partial charge in [-0.15, -0.1) is 0 Å². The smallest absolute Gasteiger partial charge is 0.227 e. The molecule has 0 bridgehead atoms. The third-order valence-electron chi connectivity index (χ3n) is 3.01. The average Bonchev–Trinajstić information content (AvgIpc) is 2.77. The Balaban J connectivity index is 2.61. The summed E-state index contributed by atoms with van der Waals surface area (Å²) in [5.74, 6) is -1.37. The fourth-order valence-corrected chi connectivity index (χ4v) is 2.12. The standard InChI is InChI=1S/C13H15N3O4/c1-7-5-10(17)12(19)13(20-7)8(6-11(14)18)9-3-4-15-16(9)2/h3-5,8,19H,6H2,1-2H3,(H2,14,18). The Morgan fingerprint density at radius 1 is 1.60 bits per heavy atom. The van der Waals surface area contributed by atoms with Gasteiger partial charge in [0.1, 0.15) is 5.76 Å². The molecule has 0 saturated carbocycles. The number of nitrogens with zero attached hydrogens (tertiary/aromatic N) is 2. The Labute approximate surface area is 114 Å². The summed E-state index contributed by atoms with van der Waals surface area (Å²) in [5.41, 5.74) is 5.31. The summed E-state index contributed by atoms with van der Waals surface area (Å²) in [6, 6.07) is 2.86. The van der Waals surface area contributed by atoms with Gasteiger partial charge in [0.25, 0.3) is 0 Å². The van der Waals surface area contributed by atoms with Gasteiger partial charge in [-0.2, -0.15) is 5.10 Å². The summed E-state index contributed by atoms with van der Waals surface area (Å²) < 4.78 is 6.97. The predicted octanol–water partition coefficient (Wildman–Crippen LogP) is 0.395. The molecule has 2 aromatic rings. The minimum Gasteiger partial charge on any atom is -0.502 e. The van der Waals surface area contributed by atoms with Gasteiger partial charge in [0.05, 0.1) is 5.92 Å². The molecule has 0 spiro atoms. The summed E-state index contributed by atoms with van der Waals surface area (Å²) >= 11 is 0. The van der Waals surface area contributed by atoms with Gasteiger partial charge in [-0.1, -0.05) is 0 Å². The average molecular weight is 277 g/mol. The molecule has 0 fully saturated rings. The number of rotatable bonds is 4. The van der Waals surface area contributed by atoms with E-state index in [1.807, 2.05) is 0 Å². The maximum absolute atomic E-state index is 11.7. The Morgan fingerprint density at radius 3 is 2.85 bits per heavy atom. The van der Waals surface area contributed by atoms with Crippen molar-refractivity contribution in [2.45, 2.75) is 19.3 Å². The summed E-state index contributed by atoms with van der Waals surface area (Å²) in [6.07, 6.45) is 1.45. The SMILES string of the molecule is Cc1cc(=O)c(O)c(C(CC(N)=O)c2ccnn2C)o1. The second-order valence-electron chi connectivity index (χ2n) is 4.54. The molecule has 0 aromatic carbocycles. The predicted molar refractivity (Wildman–Crippen MR) is 70.2 cm³/mol.